The molecule has 6 nitrogen and oxygen atoms in total. The van der Waals surface area contributed by atoms with E-state index in [2.05, 4.69) is 21.8 Å². The molecule has 1 aliphatic rings. The summed E-state index contributed by atoms with van der Waals surface area (Å²) in [6.07, 6.45) is 0. The highest BCUT2D eigenvalue weighted by molar-refractivity contribution is 7.84. The van der Waals surface area contributed by atoms with Gasteiger partial charge < -0.3 is 9.15 Å². The van der Waals surface area contributed by atoms with Gasteiger partial charge in [-0.2, -0.15) is 0 Å². The predicted molar refractivity (Wildman–Crippen MR) is 71.7 cm³/mol. The van der Waals surface area contributed by atoms with Crippen molar-refractivity contribution in [3.63, 3.8) is 0 Å². The SMILES string of the molecule is Cc1nnc([C@@H](N[S@](=O)C(C)(C)C)C2(C)COC2)o1. The van der Waals surface area contributed by atoms with Gasteiger partial charge in [0.05, 0.1) is 28.9 Å². The molecule has 0 spiro atoms. The van der Waals surface area contributed by atoms with Gasteiger partial charge in [-0.25, -0.2) is 8.93 Å². The molecule has 1 aliphatic heterocycles. The van der Waals surface area contributed by atoms with Gasteiger partial charge in [-0.15, -0.1) is 10.2 Å². The lowest BCUT2D eigenvalue weighted by molar-refractivity contribution is -0.122. The third-order valence-electron chi connectivity index (χ3n) is 3.13. The van der Waals surface area contributed by atoms with Crippen LogP contribution in [0.2, 0.25) is 0 Å². The minimum absolute atomic E-state index is 0.167. The van der Waals surface area contributed by atoms with Gasteiger partial charge in [0.25, 0.3) is 0 Å². The molecule has 2 rings (SSSR count). The highest BCUT2D eigenvalue weighted by Crippen LogP contribution is 2.40. The van der Waals surface area contributed by atoms with Gasteiger partial charge in [-0.1, -0.05) is 6.92 Å². The fourth-order valence-corrected chi connectivity index (χ4v) is 2.75. The summed E-state index contributed by atoms with van der Waals surface area (Å²) in [5.74, 6) is 0.980. The Morgan fingerprint density at radius 3 is 2.37 bits per heavy atom. The molecular formula is C12H21N3O3S. The Hall–Kier alpha value is -0.790. The summed E-state index contributed by atoms with van der Waals surface area (Å²) >= 11 is 0. The number of hydrogen-bond acceptors (Lipinski definition) is 5. The highest BCUT2D eigenvalue weighted by atomic mass is 32.2. The molecule has 0 amide bonds. The Bertz CT molecular complexity index is 477. The predicted octanol–water partition coefficient (Wildman–Crippen LogP) is 1.51. The molecule has 0 aromatic carbocycles. The maximum atomic E-state index is 12.3. The van der Waals surface area contributed by atoms with E-state index in [1.165, 1.54) is 0 Å². The smallest absolute Gasteiger partial charge is 0.235 e. The zero-order valence-corrected chi connectivity index (χ0v) is 12.8. The Balaban J connectivity index is 2.23. The summed E-state index contributed by atoms with van der Waals surface area (Å²) in [5.41, 5.74) is -0.167. The van der Waals surface area contributed by atoms with Crippen molar-refractivity contribution in [3.05, 3.63) is 11.8 Å². The largest absolute Gasteiger partial charge is 0.424 e. The molecule has 0 bridgehead atoms. The third kappa shape index (κ3) is 3.04. The zero-order chi connectivity index (χ0) is 14.3. The van der Waals surface area contributed by atoms with Gasteiger partial charge in [0.1, 0.15) is 6.04 Å². The molecule has 0 unspecified atom stereocenters. The fourth-order valence-electron chi connectivity index (χ4n) is 1.79. The molecule has 7 heteroatoms. The number of hydrogen-bond donors (Lipinski definition) is 1. The number of aromatic nitrogens is 2. The van der Waals surface area contributed by atoms with Crippen molar-refractivity contribution in [1.82, 2.24) is 14.9 Å². The van der Waals surface area contributed by atoms with E-state index in [9.17, 15) is 4.21 Å². The van der Waals surface area contributed by atoms with E-state index < -0.39 is 11.0 Å². The van der Waals surface area contributed by atoms with E-state index >= 15 is 0 Å². The minimum atomic E-state index is -1.21. The van der Waals surface area contributed by atoms with Crippen LogP contribution in [0.5, 0.6) is 0 Å². The Kier molecular flexibility index (Phi) is 3.81. The second-order valence-electron chi connectivity index (χ2n) is 6.24. The Labute approximate surface area is 115 Å². The van der Waals surface area contributed by atoms with E-state index in [1.807, 2.05) is 20.8 Å². The van der Waals surface area contributed by atoms with Crippen molar-refractivity contribution in [2.75, 3.05) is 13.2 Å². The zero-order valence-electron chi connectivity index (χ0n) is 12.0. The van der Waals surface area contributed by atoms with Crippen LogP contribution in [-0.4, -0.2) is 32.4 Å². The molecule has 2 atom stereocenters. The Morgan fingerprint density at radius 2 is 2.00 bits per heavy atom. The fraction of sp³-hybridized carbons (Fsp3) is 0.833. The average molecular weight is 287 g/mol. The lowest BCUT2D eigenvalue weighted by Crippen LogP contribution is -2.51. The van der Waals surface area contributed by atoms with Gasteiger partial charge >= 0.3 is 0 Å². The highest BCUT2D eigenvalue weighted by Gasteiger charge is 2.46. The molecule has 1 aromatic rings. The molecular weight excluding hydrogens is 266 g/mol. The lowest BCUT2D eigenvalue weighted by Gasteiger charge is -2.43. The third-order valence-corrected chi connectivity index (χ3v) is 4.69. The van der Waals surface area contributed by atoms with Crippen molar-refractivity contribution < 1.29 is 13.4 Å². The van der Waals surface area contributed by atoms with Crippen LogP contribution in [0, 0.1) is 12.3 Å². The summed E-state index contributed by atoms with van der Waals surface area (Å²) in [6, 6.07) is -0.262. The molecule has 1 N–H and O–H groups in total. The van der Waals surface area contributed by atoms with E-state index in [-0.39, 0.29) is 16.2 Å². The summed E-state index contributed by atoms with van der Waals surface area (Å²) in [4.78, 5) is 0. The summed E-state index contributed by atoms with van der Waals surface area (Å²) in [5, 5.41) is 7.91. The molecule has 0 radical (unpaired) electrons. The van der Waals surface area contributed by atoms with Gasteiger partial charge in [0, 0.05) is 12.3 Å². The first kappa shape index (κ1) is 14.6. The topological polar surface area (TPSA) is 77.2 Å². The molecule has 19 heavy (non-hydrogen) atoms. The lowest BCUT2D eigenvalue weighted by atomic mass is 9.81. The van der Waals surface area contributed by atoms with Crippen LogP contribution in [0.1, 0.15) is 45.5 Å². The van der Waals surface area contributed by atoms with Gasteiger partial charge in [-0.05, 0) is 20.8 Å². The van der Waals surface area contributed by atoms with E-state index in [1.54, 1.807) is 6.92 Å². The molecule has 1 fully saturated rings. The van der Waals surface area contributed by atoms with Crippen molar-refractivity contribution >= 4 is 11.0 Å². The first-order chi connectivity index (χ1) is 8.72. The number of rotatable bonds is 4. The van der Waals surface area contributed by atoms with Crippen molar-refractivity contribution in [2.24, 2.45) is 5.41 Å². The molecule has 0 saturated carbocycles. The minimum Gasteiger partial charge on any atom is -0.424 e. The molecule has 1 saturated heterocycles. The average Bonchev–Trinajstić information content (AvgIpc) is 2.67. The van der Waals surface area contributed by atoms with E-state index in [0.717, 1.165) is 0 Å². The van der Waals surface area contributed by atoms with E-state index in [0.29, 0.717) is 25.0 Å². The van der Waals surface area contributed by atoms with Crippen LogP contribution in [0.15, 0.2) is 4.42 Å². The quantitative estimate of drug-likeness (QED) is 0.908. The van der Waals surface area contributed by atoms with Crippen LogP contribution in [0.3, 0.4) is 0 Å². The van der Waals surface area contributed by atoms with Crippen LogP contribution in [0.25, 0.3) is 0 Å². The van der Waals surface area contributed by atoms with Crippen molar-refractivity contribution in [3.8, 4) is 0 Å². The summed E-state index contributed by atoms with van der Waals surface area (Å²) in [7, 11) is -1.21. The Morgan fingerprint density at radius 1 is 1.37 bits per heavy atom. The standard InChI is InChI=1S/C12H21N3O3S/c1-8-13-14-10(18-8)9(12(5)6-17-7-12)15-19(16)11(2,3)4/h9,15H,6-7H2,1-5H3/t9-,19-/m1/s1. The van der Waals surface area contributed by atoms with Gasteiger partial charge in [-0.3, -0.25) is 0 Å². The first-order valence-electron chi connectivity index (χ1n) is 6.28. The molecule has 108 valence electrons. The maximum Gasteiger partial charge on any atom is 0.235 e. The second-order valence-corrected chi connectivity index (χ2v) is 8.24. The monoisotopic (exact) mass is 287 g/mol. The summed E-state index contributed by atoms with van der Waals surface area (Å²) in [6.45, 7) is 10.8. The molecule has 1 aromatic heterocycles. The number of nitrogens with one attached hydrogen (secondary N) is 1. The van der Waals surface area contributed by atoms with Crippen LogP contribution < -0.4 is 4.72 Å². The van der Waals surface area contributed by atoms with Crippen LogP contribution in [-0.2, 0) is 15.7 Å². The summed E-state index contributed by atoms with van der Waals surface area (Å²) < 4.78 is 25.9. The normalized spacial score (nSPS) is 21.7. The number of aryl methyl sites for hydroxylation is 1. The van der Waals surface area contributed by atoms with E-state index in [4.69, 9.17) is 9.15 Å². The van der Waals surface area contributed by atoms with Crippen molar-refractivity contribution in [2.45, 2.75) is 45.4 Å². The number of nitrogens with zero attached hydrogens (tertiary/aromatic N) is 2. The first-order valence-corrected chi connectivity index (χ1v) is 7.43. The number of ether oxygens (including phenoxy) is 1. The van der Waals surface area contributed by atoms with Gasteiger partial charge in [0.2, 0.25) is 11.8 Å². The maximum absolute atomic E-state index is 12.3. The second kappa shape index (κ2) is 4.96. The van der Waals surface area contributed by atoms with Crippen molar-refractivity contribution in [1.29, 1.82) is 0 Å². The molecule has 2 heterocycles. The van der Waals surface area contributed by atoms with Gasteiger partial charge in [0.15, 0.2) is 0 Å². The van der Waals surface area contributed by atoms with Crippen LogP contribution in [0.4, 0.5) is 0 Å². The molecule has 0 aliphatic carbocycles. The van der Waals surface area contributed by atoms with Crippen LogP contribution >= 0.6 is 0 Å².